The summed E-state index contributed by atoms with van der Waals surface area (Å²) in [5.74, 6) is 0. The van der Waals surface area contributed by atoms with Crippen LogP contribution < -0.4 is 5.73 Å². The third-order valence-electron chi connectivity index (χ3n) is 4.62. The predicted molar refractivity (Wildman–Crippen MR) is 103 cm³/mol. The number of pyridine rings is 1. The molecule has 7 heteroatoms. The Morgan fingerprint density at radius 3 is 2.80 bits per heavy atom. The Hall–Kier alpha value is -1.88. The van der Waals surface area contributed by atoms with Gasteiger partial charge in [0.15, 0.2) is 5.17 Å². The van der Waals surface area contributed by atoms with Crippen molar-refractivity contribution in [3.8, 4) is 10.4 Å². The van der Waals surface area contributed by atoms with E-state index in [1.165, 1.54) is 10.4 Å². The number of amidine groups is 1. The lowest BCUT2D eigenvalue weighted by Gasteiger charge is -2.47. The van der Waals surface area contributed by atoms with Gasteiger partial charge >= 0.3 is 0 Å². The van der Waals surface area contributed by atoms with Crippen LogP contribution in [-0.4, -0.2) is 28.1 Å². The van der Waals surface area contributed by atoms with E-state index in [0.29, 0.717) is 10.9 Å². The lowest BCUT2D eigenvalue weighted by atomic mass is 9.85. The molecule has 0 aliphatic carbocycles. The zero-order valence-electron chi connectivity index (χ0n) is 14.1. The van der Waals surface area contributed by atoms with Crippen molar-refractivity contribution in [2.45, 2.75) is 30.6 Å². The summed E-state index contributed by atoms with van der Waals surface area (Å²) in [5, 5.41) is 0.642. The predicted octanol–water partition coefficient (Wildman–Crippen LogP) is 4.11. The van der Waals surface area contributed by atoms with Gasteiger partial charge in [0.25, 0.3) is 0 Å². The highest BCUT2D eigenvalue weighted by atomic mass is 32.2. The maximum Gasteiger partial charge on any atom is 0.205 e. The summed E-state index contributed by atoms with van der Waals surface area (Å²) in [5.41, 5.74) is 8.55. The molecule has 0 radical (unpaired) electrons. The summed E-state index contributed by atoms with van der Waals surface area (Å²) < 4.78 is 5.52. The molecular formula is C18H18N4OS2. The smallest absolute Gasteiger partial charge is 0.205 e. The topological polar surface area (TPSA) is 64.9 Å². The van der Waals surface area contributed by atoms with E-state index < -0.39 is 0 Å². The van der Waals surface area contributed by atoms with Gasteiger partial charge in [-0.2, -0.15) is 0 Å². The van der Waals surface area contributed by atoms with Crippen LogP contribution in [0, 0.1) is 13.5 Å². The molecule has 0 saturated carbocycles. The highest BCUT2D eigenvalue weighted by Crippen LogP contribution is 2.51. The quantitative estimate of drug-likeness (QED) is 0.808. The van der Waals surface area contributed by atoms with Gasteiger partial charge in [-0.25, -0.2) is 4.85 Å². The van der Waals surface area contributed by atoms with Crippen LogP contribution in [0.15, 0.2) is 29.5 Å². The number of thioether (sulfide) groups is 1. The van der Waals surface area contributed by atoms with Crippen molar-refractivity contribution in [1.29, 1.82) is 0 Å². The minimum absolute atomic E-state index is 0.0583. The molecule has 0 amide bonds. The Bertz CT molecular complexity index is 910. The average Bonchev–Trinajstić information content (AvgIpc) is 2.95. The molecule has 25 heavy (non-hydrogen) atoms. The number of nitrogens with two attached hydrogens (primary N) is 1. The highest BCUT2D eigenvalue weighted by molar-refractivity contribution is 8.15. The molecule has 2 N–H and O–H groups in total. The van der Waals surface area contributed by atoms with E-state index in [4.69, 9.17) is 22.0 Å². The Balaban J connectivity index is 1.75. The van der Waals surface area contributed by atoms with Crippen molar-refractivity contribution < 1.29 is 4.74 Å². The second kappa shape index (κ2) is 5.84. The standard InChI is InChI=1S/C18H18N4OS2/c1-11-4-14(12-5-13(20-3)7-21-6-12)24-15(11)17(2)8-18(9-23-10-18)25-16(19)22-17/h4-7H,8-10H2,1-2H3,(H2,19,22). The number of rotatable bonds is 2. The largest absolute Gasteiger partial charge is 0.378 e. The Labute approximate surface area is 155 Å². The van der Waals surface area contributed by atoms with Crippen molar-refractivity contribution in [2.75, 3.05) is 13.2 Å². The first-order chi connectivity index (χ1) is 11.9. The molecule has 0 aromatic carbocycles. The van der Waals surface area contributed by atoms with Crippen LogP contribution >= 0.6 is 23.1 Å². The molecule has 1 fully saturated rings. The fourth-order valence-electron chi connectivity index (χ4n) is 3.60. The van der Waals surface area contributed by atoms with Crippen molar-refractivity contribution in [3.05, 3.63) is 46.4 Å². The summed E-state index contributed by atoms with van der Waals surface area (Å²) >= 11 is 3.37. The lowest BCUT2D eigenvalue weighted by molar-refractivity contribution is -0.0207. The number of hydrogen-bond donors (Lipinski definition) is 1. The van der Waals surface area contributed by atoms with E-state index in [1.807, 2.05) is 12.3 Å². The molecular weight excluding hydrogens is 352 g/mol. The van der Waals surface area contributed by atoms with Gasteiger partial charge in [0.2, 0.25) is 5.69 Å². The molecule has 4 heterocycles. The zero-order chi connectivity index (χ0) is 17.7. The highest BCUT2D eigenvalue weighted by Gasteiger charge is 2.50. The molecule has 1 saturated heterocycles. The first-order valence-electron chi connectivity index (χ1n) is 7.99. The number of ether oxygens (including phenoxy) is 1. The van der Waals surface area contributed by atoms with Gasteiger partial charge in [-0.15, -0.1) is 11.3 Å². The monoisotopic (exact) mass is 370 g/mol. The Kier molecular flexibility index (Phi) is 3.87. The van der Waals surface area contributed by atoms with E-state index in [0.717, 1.165) is 30.1 Å². The summed E-state index contributed by atoms with van der Waals surface area (Å²) in [7, 11) is 0. The second-order valence-corrected chi connectivity index (χ2v) is 9.39. The van der Waals surface area contributed by atoms with Crippen LogP contribution in [0.4, 0.5) is 5.69 Å². The summed E-state index contributed by atoms with van der Waals surface area (Å²) in [4.78, 5) is 14.8. The van der Waals surface area contributed by atoms with Gasteiger partial charge in [0, 0.05) is 22.1 Å². The van der Waals surface area contributed by atoms with Crippen molar-refractivity contribution in [1.82, 2.24) is 4.98 Å². The van der Waals surface area contributed by atoms with Crippen molar-refractivity contribution in [2.24, 2.45) is 10.7 Å². The molecule has 2 aliphatic rings. The molecule has 5 nitrogen and oxygen atoms in total. The van der Waals surface area contributed by atoms with Gasteiger partial charge in [-0.3, -0.25) is 9.98 Å². The van der Waals surface area contributed by atoms with E-state index in [-0.39, 0.29) is 10.3 Å². The van der Waals surface area contributed by atoms with Gasteiger partial charge in [-0.1, -0.05) is 11.8 Å². The maximum absolute atomic E-state index is 7.18. The second-order valence-electron chi connectivity index (χ2n) is 6.84. The molecule has 128 valence electrons. The SMILES string of the molecule is [C-]#[N+]c1cncc(-c2cc(C)c(C3(C)CC4(COC4)SC(N)=N3)s2)c1. The normalized spacial score (nSPS) is 24.4. The van der Waals surface area contributed by atoms with E-state index >= 15 is 0 Å². The third-order valence-corrected chi connectivity index (χ3v) is 7.27. The fourth-order valence-corrected chi connectivity index (χ4v) is 6.17. The fraction of sp³-hybridized carbons (Fsp3) is 0.389. The number of aliphatic imine (C=N–C) groups is 1. The van der Waals surface area contributed by atoms with Crippen LogP contribution in [0.25, 0.3) is 15.3 Å². The lowest BCUT2D eigenvalue weighted by Crippen LogP contribution is -2.54. The van der Waals surface area contributed by atoms with Gasteiger partial charge in [0.1, 0.15) is 0 Å². The van der Waals surface area contributed by atoms with E-state index in [2.05, 4.69) is 29.7 Å². The van der Waals surface area contributed by atoms with Crippen LogP contribution in [0.5, 0.6) is 0 Å². The summed E-state index contributed by atoms with van der Waals surface area (Å²) in [6.45, 7) is 12.9. The molecule has 2 aromatic heterocycles. The van der Waals surface area contributed by atoms with Crippen molar-refractivity contribution in [3.63, 3.8) is 0 Å². The molecule has 1 spiro atoms. The van der Waals surface area contributed by atoms with Crippen LogP contribution in [0.2, 0.25) is 0 Å². The van der Waals surface area contributed by atoms with E-state index in [9.17, 15) is 0 Å². The molecule has 2 aliphatic heterocycles. The molecule has 1 unspecified atom stereocenters. The van der Waals surface area contributed by atoms with Crippen LogP contribution in [0.3, 0.4) is 0 Å². The van der Waals surface area contributed by atoms with Gasteiger partial charge < -0.3 is 10.5 Å². The molecule has 0 bridgehead atoms. The molecule has 2 aromatic rings. The Morgan fingerprint density at radius 2 is 2.12 bits per heavy atom. The van der Waals surface area contributed by atoms with Crippen LogP contribution in [0.1, 0.15) is 23.8 Å². The van der Waals surface area contributed by atoms with Crippen LogP contribution in [-0.2, 0) is 10.3 Å². The number of aryl methyl sites for hydroxylation is 1. The average molecular weight is 371 g/mol. The number of hydrogen-bond acceptors (Lipinski definition) is 6. The zero-order valence-corrected chi connectivity index (χ0v) is 15.7. The maximum atomic E-state index is 7.18. The van der Waals surface area contributed by atoms with E-state index in [1.54, 1.807) is 29.3 Å². The number of thiophene rings is 1. The minimum Gasteiger partial charge on any atom is -0.378 e. The summed E-state index contributed by atoms with van der Waals surface area (Å²) in [6, 6.07) is 4.04. The number of nitrogens with zero attached hydrogens (tertiary/aromatic N) is 3. The Morgan fingerprint density at radius 1 is 1.32 bits per heavy atom. The first kappa shape index (κ1) is 16.6. The summed E-state index contributed by atoms with van der Waals surface area (Å²) in [6.07, 6.45) is 4.32. The van der Waals surface area contributed by atoms with Crippen molar-refractivity contribution >= 4 is 34.0 Å². The number of aromatic nitrogens is 1. The molecule has 4 rings (SSSR count). The third kappa shape index (κ3) is 2.84. The first-order valence-corrected chi connectivity index (χ1v) is 9.62. The van der Waals surface area contributed by atoms with Gasteiger partial charge in [-0.05, 0) is 43.5 Å². The van der Waals surface area contributed by atoms with Gasteiger partial charge in [0.05, 0.1) is 30.1 Å². The minimum atomic E-state index is -0.336. The molecule has 1 atom stereocenters.